The summed E-state index contributed by atoms with van der Waals surface area (Å²) in [6.45, 7) is 3.31. The largest absolute Gasteiger partial charge is 0.307 e. The maximum absolute atomic E-state index is 12.6. The predicted molar refractivity (Wildman–Crippen MR) is 140 cm³/mol. The van der Waals surface area contributed by atoms with Crippen LogP contribution < -0.4 is 9.21 Å². The fourth-order valence-electron chi connectivity index (χ4n) is 5.35. The van der Waals surface area contributed by atoms with Gasteiger partial charge in [0.05, 0.1) is 23.5 Å². The molecule has 0 atom stereocenters. The van der Waals surface area contributed by atoms with Crippen LogP contribution in [0.1, 0.15) is 51.4 Å². The molecule has 2 fully saturated rings. The summed E-state index contributed by atoms with van der Waals surface area (Å²) in [5.41, 5.74) is 2.39. The minimum Gasteiger partial charge on any atom is -0.307 e. The third kappa shape index (κ3) is 5.59. The molecule has 1 aliphatic carbocycles. The van der Waals surface area contributed by atoms with E-state index in [0.29, 0.717) is 24.2 Å². The number of sulfonamides is 1. The lowest BCUT2D eigenvalue weighted by atomic mass is 10.1. The lowest BCUT2D eigenvalue weighted by Crippen LogP contribution is -2.37. The summed E-state index contributed by atoms with van der Waals surface area (Å²) in [6, 6.07) is 8.14. The third-order valence-corrected chi connectivity index (χ3v) is 8.41. The Labute approximate surface area is 207 Å². The summed E-state index contributed by atoms with van der Waals surface area (Å²) in [6.07, 6.45) is 14.2. The van der Waals surface area contributed by atoms with Crippen LogP contribution in [0.25, 0.3) is 11.0 Å². The van der Waals surface area contributed by atoms with E-state index < -0.39 is 10.0 Å². The van der Waals surface area contributed by atoms with Crippen LogP contribution >= 0.6 is 0 Å². The standard InChI is InChI=1S/C25H35N7O2S/c1-35(33,34)31(17-16-30-14-6-7-15-30)21-10-12-23(13-11-21)32(22-8-4-2-3-5-9-22)25-26-18-20-19-27-29-24(20)28-25/h10-13,18-19,22H,2-9,14-17H2,1H3,(H,26,27,28,29). The Morgan fingerprint density at radius 2 is 1.66 bits per heavy atom. The van der Waals surface area contributed by atoms with Gasteiger partial charge in [0.15, 0.2) is 5.65 Å². The Kier molecular flexibility index (Phi) is 7.19. The van der Waals surface area contributed by atoms with Gasteiger partial charge in [0.2, 0.25) is 16.0 Å². The number of hydrogen-bond donors (Lipinski definition) is 1. The molecule has 1 saturated heterocycles. The van der Waals surface area contributed by atoms with Crippen molar-refractivity contribution < 1.29 is 8.42 Å². The first-order chi connectivity index (χ1) is 17.0. The molecule has 1 aliphatic heterocycles. The predicted octanol–water partition coefficient (Wildman–Crippen LogP) is 4.08. The van der Waals surface area contributed by atoms with Crippen molar-refractivity contribution in [2.75, 3.05) is 41.6 Å². The van der Waals surface area contributed by atoms with Gasteiger partial charge in [-0.05, 0) is 63.0 Å². The lowest BCUT2D eigenvalue weighted by Gasteiger charge is -2.32. The van der Waals surface area contributed by atoms with Crippen molar-refractivity contribution in [1.29, 1.82) is 0 Å². The molecule has 188 valence electrons. The lowest BCUT2D eigenvalue weighted by molar-refractivity contribution is 0.349. The first-order valence-corrected chi connectivity index (χ1v) is 14.6. The number of likely N-dealkylation sites (tertiary alicyclic amines) is 1. The molecule has 0 spiro atoms. The van der Waals surface area contributed by atoms with Gasteiger partial charge in [-0.25, -0.2) is 13.4 Å². The van der Waals surface area contributed by atoms with E-state index in [1.54, 1.807) is 6.20 Å². The van der Waals surface area contributed by atoms with E-state index in [1.807, 2.05) is 30.5 Å². The molecule has 35 heavy (non-hydrogen) atoms. The monoisotopic (exact) mass is 497 g/mol. The number of fused-ring (bicyclic) bond motifs is 1. The minimum atomic E-state index is -3.38. The van der Waals surface area contributed by atoms with Gasteiger partial charge in [0, 0.05) is 31.0 Å². The zero-order chi connectivity index (χ0) is 24.3. The average molecular weight is 498 g/mol. The van der Waals surface area contributed by atoms with Gasteiger partial charge in [-0.15, -0.1) is 0 Å². The number of rotatable bonds is 8. The Morgan fingerprint density at radius 3 is 2.34 bits per heavy atom. The molecule has 0 unspecified atom stereocenters. The normalized spacial score (nSPS) is 18.1. The molecule has 3 aromatic rings. The number of hydrogen-bond acceptors (Lipinski definition) is 7. The van der Waals surface area contributed by atoms with Crippen LogP contribution in [0, 0.1) is 0 Å². The minimum absolute atomic E-state index is 0.296. The second-order valence-electron chi connectivity index (χ2n) is 9.76. The van der Waals surface area contributed by atoms with Gasteiger partial charge < -0.3 is 9.80 Å². The fourth-order valence-corrected chi connectivity index (χ4v) is 6.27. The van der Waals surface area contributed by atoms with Gasteiger partial charge in [-0.3, -0.25) is 9.40 Å². The van der Waals surface area contributed by atoms with Crippen LogP contribution in [0.5, 0.6) is 0 Å². The molecule has 0 amide bonds. The van der Waals surface area contributed by atoms with E-state index in [4.69, 9.17) is 4.98 Å². The number of aromatic amines is 1. The summed E-state index contributed by atoms with van der Waals surface area (Å²) in [7, 11) is -3.38. The van der Waals surface area contributed by atoms with Crippen LogP contribution in [-0.2, 0) is 10.0 Å². The fraction of sp³-hybridized carbons (Fsp3) is 0.560. The molecule has 2 aromatic heterocycles. The highest BCUT2D eigenvalue weighted by atomic mass is 32.2. The van der Waals surface area contributed by atoms with Gasteiger partial charge in [-0.1, -0.05) is 25.7 Å². The summed E-state index contributed by atoms with van der Waals surface area (Å²) < 4.78 is 26.8. The van der Waals surface area contributed by atoms with Gasteiger partial charge >= 0.3 is 0 Å². The number of H-pyrrole nitrogens is 1. The van der Waals surface area contributed by atoms with Crippen LogP contribution in [0.3, 0.4) is 0 Å². The number of benzene rings is 1. The molecule has 0 bridgehead atoms. The molecular weight excluding hydrogens is 462 g/mol. The highest BCUT2D eigenvalue weighted by Crippen LogP contribution is 2.33. The molecule has 3 heterocycles. The highest BCUT2D eigenvalue weighted by molar-refractivity contribution is 7.92. The smallest absolute Gasteiger partial charge is 0.232 e. The van der Waals surface area contributed by atoms with E-state index >= 15 is 0 Å². The molecule has 9 nitrogen and oxygen atoms in total. The molecule has 5 rings (SSSR count). The van der Waals surface area contributed by atoms with Crippen molar-refractivity contribution in [2.24, 2.45) is 0 Å². The Balaban J connectivity index is 1.44. The van der Waals surface area contributed by atoms with Gasteiger partial charge in [0.25, 0.3) is 0 Å². The maximum atomic E-state index is 12.6. The molecule has 1 saturated carbocycles. The number of anilines is 3. The Bertz CT molecular complexity index is 1210. The zero-order valence-electron chi connectivity index (χ0n) is 20.4. The Hall–Kier alpha value is -2.72. The number of nitrogens with zero attached hydrogens (tertiary/aromatic N) is 6. The van der Waals surface area contributed by atoms with Crippen molar-refractivity contribution >= 4 is 38.4 Å². The van der Waals surface area contributed by atoms with Crippen molar-refractivity contribution in [3.63, 3.8) is 0 Å². The molecule has 1 N–H and O–H groups in total. The number of nitrogens with one attached hydrogen (secondary N) is 1. The third-order valence-electron chi connectivity index (χ3n) is 7.22. The van der Waals surface area contributed by atoms with Crippen molar-refractivity contribution in [3.05, 3.63) is 36.7 Å². The van der Waals surface area contributed by atoms with Crippen molar-refractivity contribution in [2.45, 2.75) is 57.4 Å². The van der Waals surface area contributed by atoms with E-state index in [2.05, 4.69) is 25.0 Å². The maximum Gasteiger partial charge on any atom is 0.232 e. The van der Waals surface area contributed by atoms with Crippen molar-refractivity contribution in [1.82, 2.24) is 25.1 Å². The van der Waals surface area contributed by atoms with E-state index in [9.17, 15) is 8.42 Å². The summed E-state index contributed by atoms with van der Waals surface area (Å²) in [5, 5.41) is 7.93. The second-order valence-corrected chi connectivity index (χ2v) is 11.7. The first-order valence-electron chi connectivity index (χ1n) is 12.7. The van der Waals surface area contributed by atoms with E-state index in [-0.39, 0.29) is 0 Å². The molecular formula is C25H35N7O2S. The van der Waals surface area contributed by atoms with Crippen LogP contribution in [0.15, 0.2) is 36.7 Å². The van der Waals surface area contributed by atoms with Gasteiger partial charge in [0.1, 0.15) is 0 Å². The highest BCUT2D eigenvalue weighted by Gasteiger charge is 2.26. The number of aromatic nitrogens is 4. The summed E-state index contributed by atoms with van der Waals surface area (Å²) in [5.74, 6) is 0.649. The Morgan fingerprint density at radius 1 is 0.971 bits per heavy atom. The average Bonchev–Trinajstić information content (AvgIpc) is 3.46. The molecule has 2 aliphatic rings. The topological polar surface area (TPSA) is 98.3 Å². The van der Waals surface area contributed by atoms with Gasteiger partial charge in [-0.2, -0.15) is 10.1 Å². The van der Waals surface area contributed by atoms with Crippen LogP contribution in [-0.4, -0.2) is 72.0 Å². The second kappa shape index (κ2) is 10.5. The van der Waals surface area contributed by atoms with Crippen molar-refractivity contribution in [3.8, 4) is 0 Å². The molecule has 0 radical (unpaired) electrons. The molecule has 1 aromatic carbocycles. The summed E-state index contributed by atoms with van der Waals surface area (Å²) >= 11 is 0. The van der Waals surface area contributed by atoms with E-state index in [0.717, 1.165) is 49.2 Å². The SMILES string of the molecule is CS(=O)(=O)N(CCN1CCCC1)c1ccc(N(c2ncc3cn[nH]c3n2)C2CCCCCC2)cc1. The summed E-state index contributed by atoms with van der Waals surface area (Å²) in [4.78, 5) is 14.0. The van der Waals surface area contributed by atoms with Crippen LogP contribution in [0.2, 0.25) is 0 Å². The quantitative estimate of drug-likeness (QED) is 0.468. The molecule has 10 heteroatoms. The first kappa shape index (κ1) is 24.0. The van der Waals surface area contributed by atoms with E-state index in [1.165, 1.54) is 49.1 Å². The zero-order valence-corrected chi connectivity index (χ0v) is 21.3. The van der Waals surface area contributed by atoms with Crippen LogP contribution in [0.4, 0.5) is 17.3 Å².